The van der Waals surface area contributed by atoms with Gasteiger partial charge in [-0.15, -0.1) is 0 Å². The summed E-state index contributed by atoms with van der Waals surface area (Å²) in [5, 5.41) is 0. The van der Waals surface area contributed by atoms with Crippen molar-refractivity contribution in [2.75, 3.05) is 0 Å². The molecule has 0 unspecified atom stereocenters. The summed E-state index contributed by atoms with van der Waals surface area (Å²) in [5.74, 6) is 0. The van der Waals surface area contributed by atoms with E-state index >= 15 is 0 Å². The van der Waals surface area contributed by atoms with Crippen molar-refractivity contribution < 1.29 is 48.0 Å². The Balaban J connectivity index is 0. The van der Waals surface area contributed by atoms with Crippen LogP contribution >= 0.6 is 0 Å². The average Bonchev–Trinajstić information content (AvgIpc) is 0. The van der Waals surface area contributed by atoms with E-state index in [1.54, 1.807) is 0 Å². The fourth-order valence-electron chi connectivity index (χ4n) is 0. The largest absolute Gasteiger partial charge is 1.00 e. The van der Waals surface area contributed by atoms with E-state index in [1.807, 2.05) is 0 Å². The van der Waals surface area contributed by atoms with Gasteiger partial charge in [0.2, 0.25) is 0 Å². The van der Waals surface area contributed by atoms with E-state index in [0.29, 0.717) is 0 Å². The first-order chi connectivity index (χ1) is 0. The zero-order valence-electron chi connectivity index (χ0n) is 1.76. The third-order valence-corrected chi connectivity index (χ3v) is 0. The van der Waals surface area contributed by atoms with E-state index in [-0.39, 0.29) is 83.1 Å². The van der Waals surface area contributed by atoms with Crippen LogP contribution in [0, 0.1) is 0 Å². The molecule has 0 saturated carbocycles. The van der Waals surface area contributed by atoms with Gasteiger partial charge in [0.25, 0.3) is 0 Å². The van der Waals surface area contributed by atoms with Gasteiger partial charge < -0.3 is 48.0 Å². The molecule has 4 heavy (non-hydrogen) atoms. The SMILES string of the molecule is [Ge].[Ge].[I-].[I-]. The van der Waals surface area contributed by atoms with Crippen LogP contribution in [0.15, 0.2) is 0 Å². The maximum atomic E-state index is 0. The van der Waals surface area contributed by atoms with Gasteiger partial charge in [0.1, 0.15) is 0 Å². The molecule has 0 aromatic carbocycles. The van der Waals surface area contributed by atoms with Crippen molar-refractivity contribution in [3.8, 4) is 0 Å². The zero-order chi connectivity index (χ0) is 0. The van der Waals surface area contributed by atoms with Crippen molar-refractivity contribution in [3.63, 3.8) is 0 Å². The van der Waals surface area contributed by atoms with Gasteiger partial charge in [-0.2, -0.15) is 0 Å². The smallest absolute Gasteiger partial charge is 0 e. The number of halogens is 2. The first kappa shape index (κ1) is 31.1. The molecule has 0 amide bonds. The molecule has 0 aliphatic carbocycles. The summed E-state index contributed by atoms with van der Waals surface area (Å²) in [6.45, 7) is 0. The van der Waals surface area contributed by atoms with Gasteiger partial charge in [0, 0.05) is 35.2 Å². The normalized spacial score (nSPS) is 0. The molecule has 0 aromatic rings. The molecular weight excluding hydrogens is 399 g/mol. The molecule has 0 fully saturated rings. The van der Waals surface area contributed by atoms with Crippen LogP contribution < -0.4 is 48.0 Å². The van der Waals surface area contributed by atoms with Crippen LogP contribution in [0.2, 0.25) is 0 Å². The van der Waals surface area contributed by atoms with E-state index in [0.717, 1.165) is 0 Å². The maximum Gasteiger partial charge on any atom is 0 e. The minimum absolute atomic E-state index is 0. The Bertz CT molecular complexity index is 4.00. The van der Waals surface area contributed by atoms with Crippen molar-refractivity contribution in [1.29, 1.82) is 0 Å². The molecule has 0 aliphatic heterocycles. The second kappa shape index (κ2) is 17.7. The van der Waals surface area contributed by atoms with Crippen LogP contribution in [-0.2, 0) is 0 Å². The van der Waals surface area contributed by atoms with Crippen LogP contribution in [0.1, 0.15) is 0 Å². The monoisotopic (exact) mass is 402 g/mol. The summed E-state index contributed by atoms with van der Waals surface area (Å²) in [7, 11) is 0. The van der Waals surface area contributed by atoms with E-state index in [2.05, 4.69) is 0 Å². The molecule has 8 radical (unpaired) electrons. The summed E-state index contributed by atoms with van der Waals surface area (Å²) in [6.07, 6.45) is 0. The van der Waals surface area contributed by atoms with Gasteiger partial charge in [0.15, 0.2) is 0 Å². The van der Waals surface area contributed by atoms with Crippen LogP contribution in [0.4, 0.5) is 0 Å². The van der Waals surface area contributed by atoms with Crippen LogP contribution in [-0.4, -0.2) is 35.2 Å². The molecule has 0 saturated heterocycles. The second-order valence-electron chi connectivity index (χ2n) is 0. The molecule has 0 N–H and O–H groups in total. The second-order valence-corrected chi connectivity index (χ2v) is 0. The fraction of sp³-hybridized carbons (Fsp3) is 0. The van der Waals surface area contributed by atoms with Gasteiger partial charge in [0.05, 0.1) is 0 Å². The first-order valence-electron chi connectivity index (χ1n) is 0. The molecule has 24 valence electrons. The fourth-order valence-corrected chi connectivity index (χ4v) is 0. The predicted octanol–water partition coefficient (Wildman–Crippen LogP) is -6.75. The average molecular weight is 399 g/mol. The molecule has 0 aliphatic rings. The Morgan fingerprint density at radius 2 is 0.500 bits per heavy atom. The number of hydrogen-bond acceptors (Lipinski definition) is 0. The Morgan fingerprint density at radius 1 is 0.500 bits per heavy atom. The number of rotatable bonds is 0. The van der Waals surface area contributed by atoms with E-state index in [4.69, 9.17) is 0 Å². The first-order valence-corrected chi connectivity index (χ1v) is 0. The Morgan fingerprint density at radius 3 is 0.500 bits per heavy atom. The zero-order valence-corrected chi connectivity index (χ0v) is 10.3. The molecule has 0 heterocycles. The van der Waals surface area contributed by atoms with E-state index in [9.17, 15) is 0 Å². The molecule has 4 heteroatoms. The molecule has 0 spiro atoms. The minimum atomic E-state index is 0. The Kier molecular flexibility index (Phi) is 137. The van der Waals surface area contributed by atoms with Crippen molar-refractivity contribution in [2.45, 2.75) is 0 Å². The minimum Gasteiger partial charge on any atom is -1.00 e. The van der Waals surface area contributed by atoms with E-state index < -0.39 is 0 Å². The Hall–Kier alpha value is 2.55. The standard InChI is InChI=1S/2Ge.2HI/h;;2*1H/p-2. The molecule has 0 atom stereocenters. The van der Waals surface area contributed by atoms with Crippen molar-refractivity contribution >= 4 is 35.2 Å². The van der Waals surface area contributed by atoms with Crippen LogP contribution in [0.25, 0.3) is 0 Å². The summed E-state index contributed by atoms with van der Waals surface area (Å²) < 4.78 is 0. The molecule has 0 bridgehead atoms. The third-order valence-electron chi connectivity index (χ3n) is 0. The summed E-state index contributed by atoms with van der Waals surface area (Å²) in [4.78, 5) is 0. The maximum absolute atomic E-state index is 0. The molecular formula is Ge2I2-2. The number of hydrogen-bond donors (Lipinski definition) is 0. The quantitative estimate of drug-likeness (QED) is 0.281. The van der Waals surface area contributed by atoms with Crippen LogP contribution in [0.5, 0.6) is 0 Å². The van der Waals surface area contributed by atoms with Gasteiger partial charge in [-0.05, 0) is 0 Å². The van der Waals surface area contributed by atoms with Crippen molar-refractivity contribution in [2.24, 2.45) is 0 Å². The molecule has 0 rings (SSSR count). The predicted molar refractivity (Wildman–Crippen MR) is 11.5 cm³/mol. The Labute approximate surface area is 81.9 Å². The third kappa shape index (κ3) is 8.82. The van der Waals surface area contributed by atoms with Crippen LogP contribution in [0.3, 0.4) is 0 Å². The summed E-state index contributed by atoms with van der Waals surface area (Å²) in [5.41, 5.74) is 0. The van der Waals surface area contributed by atoms with E-state index in [1.165, 1.54) is 0 Å². The summed E-state index contributed by atoms with van der Waals surface area (Å²) in [6, 6.07) is 0. The van der Waals surface area contributed by atoms with Crippen molar-refractivity contribution in [1.82, 2.24) is 0 Å². The van der Waals surface area contributed by atoms with Gasteiger partial charge in [-0.3, -0.25) is 0 Å². The topological polar surface area (TPSA) is 0 Å². The van der Waals surface area contributed by atoms with Gasteiger partial charge >= 0.3 is 0 Å². The van der Waals surface area contributed by atoms with Crippen molar-refractivity contribution in [3.05, 3.63) is 0 Å². The van der Waals surface area contributed by atoms with Gasteiger partial charge in [-0.1, -0.05) is 0 Å². The molecule has 0 aromatic heterocycles. The molecule has 0 nitrogen and oxygen atoms in total. The van der Waals surface area contributed by atoms with Gasteiger partial charge in [-0.25, -0.2) is 0 Å². The summed E-state index contributed by atoms with van der Waals surface area (Å²) >= 11 is 0.